The molecular weight excluding hydrogens is 254 g/mol. The van der Waals surface area contributed by atoms with Crippen molar-refractivity contribution in [2.45, 2.75) is 19.9 Å². The van der Waals surface area contributed by atoms with Gasteiger partial charge in [-0.05, 0) is 24.6 Å². The van der Waals surface area contributed by atoms with Gasteiger partial charge in [0.05, 0.1) is 23.5 Å². The first-order valence-electron chi connectivity index (χ1n) is 6.54. The number of aromatic nitrogens is 3. The van der Waals surface area contributed by atoms with Gasteiger partial charge in [-0.15, -0.1) is 0 Å². The number of amides is 1. The Morgan fingerprint density at radius 3 is 2.95 bits per heavy atom. The van der Waals surface area contributed by atoms with Crippen LogP contribution in [0.4, 0.5) is 5.69 Å². The van der Waals surface area contributed by atoms with E-state index in [1.807, 2.05) is 6.07 Å². The number of rotatable bonds is 6. The zero-order chi connectivity index (χ0) is 14.2. The van der Waals surface area contributed by atoms with E-state index in [1.54, 1.807) is 30.7 Å². The third kappa shape index (κ3) is 3.74. The quantitative estimate of drug-likeness (QED) is 0.834. The molecule has 2 aromatic rings. The second-order valence-electron chi connectivity index (χ2n) is 4.25. The van der Waals surface area contributed by atoms with Gasteiger partial charge in [0.2, 0.25) is 0 Å². The summed E-state index contributed by atoms with van der Waals surface area (Å²) < 4.78 is 0. The van der Waals surface area contributed by atoms with Crippen LogP contribution in [0.1, 0.15) is 29.4 Å². The average molecular weight is 271 g/mol. The van der Waals surface area contributed by atoms with E-state index < -0.39 is 0 Å². The van der Waals surface area contributed by atoms with Crippen LogP contribution in [0.3, 0.4) is 0 Å². The first-order valence-corrected chi connectivity index (χ1v) is 6.54. The van der Waals surface area contributed by atoms with Crippen molar-refractivity contribution in [2.24, 2.45) is 0 Å². The lowest BCUT2D eigenvalue weighted by Crippen LogP contribution is -2.24. The van der Waals surface area contributed by atoms with Crippen LogP contribution in [0.2, 0.25) is 0 Å². The van der Waals surface area contributed by atoms with E-state index in [4.69, 9.17) is 0 Å². The van der Waals surface area contributed by atoms with Gasteiger partial charge in [0.15, 0.2) is 0 Å². The van der Waals surface area contributed by atoms with Crippen molar-refractivity contribution in [1.82, 2.24) is 20.5 Å². The fourth-order valence-electron chi connectivity index (χ4n) is 1.68. The zero-order valence-corrected chi connectivity index (χ0v) is 11.3. The van der Waals surface area contributed by atoms with Crippen LogP contribution in [-0.2, 0) is 6.54 Å². The van der Waals surface area contributed by atoms with Crippen molar-refractivity contribution >= 4 is 11.6 Å². The second kappa shape index (κ2) is 7.18. The Bertz CT molecular complexity index is 559. The van der Waals surface area contributed by atoms with E-state index in [0.717, 1.165) is 18.7 Å². The normalized spacial score (nSPS) is 10.1. The highest BCUT2D eigenvalue weighted by molar-refractivity contribution is 5.99. The highest BCUT2D eigenvalue weighted by Crippen LogP contribution is 2.13. The van der Waals surface area contributed by atoms with Crippen LogP contribution in [0.25, 0.3) is 0 Å². The summed E-state index contributed by atoms with van der Waals surface area (Å²) in [5.74, 6) is -0.178. The molecule has 0 unspecified atom stereocenters. The molecule has 0 aliphatic carbocycles. The molecule has 6 nitrogen and oxygen atoms in total. The number of hydrogen-bond donors (Lipinski definition) is 2. The van der Waals surface area contributed by atoms with Crippen molar-refractivity contribution in [3.8, 4) is 0 Å². The summed E-state index contributed by atoms with van der Waals surface area (Å²) in [7, 11) is 0. The van der Waals surface area contributed by atoms with Gasteiger partial charge in [0, 0.05) is 25.1 Å². The smallest absolute Gasteiger partial charge is 0.255 e. The van der Waals surface area contributed by atoms with E-state index in [9.17, 15) is 4.79 Å². The summed E-state index contributed by atoms with van der Waals surface area (Å²) in [5.41, 5.74) is 2.04. The van der Waals surface area contributed by atoms with E-state index in [0.29, 0.717) is 17.8 Å². The topological polar surface area (TPSA) is 79.8 Å². The summed E-state index contributed by atoms with van der Waals surface area (Å²) >= 11 is 0. The Balaban J connectivity index is 2.01. The number of nitrogens with zero attached hydrogens (tertiary/aromatic N) is 3. The van der Waals surface area contributed by atoms with Crippen molar-refractivity contribution < 1.29 is 4.79 Å². The Morgan fingerprint density at radius 2 is 2.20 bits per heavy atom. The van der Waals surface area contributed by atoms with Crippen LogP contribution >= 0.6 is 0 Å². The van der Waals surface area contributed by atoms with E-state index >= 15 is 0 Å². The summed E-state index contributed by atoms with van der Waals surface area (Å²) in [6, 6.07) is 5.40. The maximum Gasteiger partial charge on any atom is 0.255 e. The Morgan fingerprint density at radius 1 is 1.30 bits per heavy atom. The Labute approximate surface area is 117 Å². The lowest BCUT2D eigenvalue weighted by molar-refractivity contribution is 0.0951. The summed E-state index contributed by atoms with van der Waals surface area (Å²) in [6.45, 7) is 3.23. The van der Waals surface area contributed by atoms with Crippen molar-refractivity contribution in [1.29, 1.82) is 0 Å². The van der Waals surface area contributed by atoms with Crippen molar-refractivity contribution in [3.63, 3.8) is 0 Å². The molecule has 0 saturated heterocycles. The molecular formula is C14H17N5O. The summed E-state index contributed by atoms with van der Waals surface area (Å²) in [6.07, 6.45) is 5.81. The minimum Gasteiger partial charge on any atom is -0.384 e. The van der Waals surface area contributed by atoms with Crippen LogP contribution in [0.15, 0.2) is 36.8 Å². The van der Waals surface area contributed by atoms with Gasteiger partial charge in [-0.25, -0.2) is 0 Å². The molecule has 0 spiro atoms. The van der Waals surface area contributed by atoms with Crippen LogP contribution in [0.5, 0.6) is 0 Å². The van der Waals surface area contributed by atoms with Gasteiger partial charge in [-0.3, -0.25) is 9.78 Å². The first-order chi connectivity index (χ1) is 9.81. The molecule has 104 valence electrons. The third-order valence-electron chi connectivity index (χ3n) is 2.69. The maximum absolute atomic E-state index is 12.2. The molecule has 20 heavy (non-hydrogen) atoms. The van der Waals surface area contributed by atoms with Crippen LogP contribution in [-0.4, -0.2) is 27.6 Å². The van der Waals surface area contributed by atoms with Gasteiger partial charge in [-0.1, -0.05) is 6.92 Å². The Hall–Kier alpha value is -2.50. The van der Waals surface area contributed by atoms with Gasteiger partial charge >= 0.3 is 0 Å². The average Bonchev–Trinajstić information content (AvgIpc) is 2.52. The fraction of sp³-hybridized carbons (Fsp3) is 0.286. The predicted octanol–water partition coefficient (Wildman–Crippen LogP) is 1.62. The molecule has 0 aliphatic rings. The van der Waals surface area contributed by atoms with Gasteiger partial charge in [-0.2, -0.15) is 10.2 Å². The number of hydrogen-bond acceptors (Lipinski definition) is 5. The number of pyridine rings is 1. The molecule has 2 rings (SSSR count). The SMILES string of the molecule is CCCNc1ccncc1C(=O)NCc1cccnn1. The van der Waals surface area contributed by atoms with E-state index in [1.165, 1.54) is 0 Å². The molecule has 2 aromatic heterocycles. The molecule has 0 atom stereocenters. The first kappa shape index (κ1) is 13.9. The van der Waals surface area contributed by atoms with Crippen LogP contribution < -0.4 is 10.6 Å². The van der Waals surface area contributed by atoms with Gasteiger partial charge < -0.3 is 10.6 Å². The largest absolute Gasteiger partial charge is 0.384 e. The van der Waals surface area contributed by atoms with Crippen LogP contribution in [0, 0.1) is 0 Å². The standard InChI is InChI=1S/C14H17N5O/c1-2-6-16-13-5-8-15-10-12(13)14(20)17-9-11-4-3-7-18-19-11/h3-5,7-8,10H,2,6,9H2,1H3,(H,15,16)(H,17,20). The lowest BCUT2D eigenvalue weighted by atomic mass is 10.2. The third-order valence-corrected chi connectivity index (χ3v) is 2.69. The van der Waals surface area contributed by atoms with Crippen molar-refractivity contribution in [3.05, 3.63) is 48.0 Å². The van der Waals surface area contributed by atoms with E-state index in [2.05, 4.69) is 32.7 Å². The fourth-order valence-corrected chi connectivity index (χ4v) is 1.68. The molecule has 0 aromatic carbocycles. The highest BCUT2D eigenvalue weighted by atomic mass is 16.1. The van der Waals surface area contributed by atoms with Gasteiger partial charge in [0.25, 0.3) is 5.91 Å². The number of anilines is 1. The summed E-state index contributed by atoms with van der Waals surface area (Å²) in [4.78, 5) is 16.2. The second-order valence-corrected chi connectivity index (χ2v) is 4.25. The molecule has 0 fully saturated rings. The molecule has 6 heteroatoms. The lowest BCUT2D eigenvalue weighted by Gasteiger charge is -2.10. The molecule has 1 amide bonds. The summed E-state index contributed by atoms with van der Waals surface area (Å²) in [5, 5.41) is 13.7. The van der Waals surface area contributed by atoms with Crippen molar-refractivity contribution in [2.75, 3.05) is 11.9 Å². The highest BCUT2D eigenvalue weighted by Gasteiger charge is 2.11. The molecule has 2 N–H and O–H groups in total. The molecule has 2 heterocycles. The Kier molecular flexibility index (Phi) is 5.00. The monoisotopic (exact) mass is 271 g/mol. The van der Waals surface area contributed by atoms with E-state index in [-0.39, 0.29) is 5.91 Å². The molecule has 0 bridgehead atoms. The molecule has 0 aliphatic heterocycles. The number of carbonyl (C=O) groups excluding carboxylic acids is 1. The van der Waals surface area contributed by atoms with Gasteiger partial charge in [0.1, 0.15) is 0 Å². The number of nitrogens with one attached hydrogen (secondary N) is 2. The molecule has 0 saturated carbocycles. The number of carbonyl (C=O) groups is 1. The maximum atomic E-state index is 12.2. The predicted molar refractivity (Wildman–Crippen MR) is 76.2 cm³/mol. The zero-order valence-electron chi connectivity index (χ0n) is 11.3. The molecule has 0 radical (unpaired) electrons. The minimum atomic E-state index is -0.178. The minimum absolute atomic E-state index is 0.178.